The van der Waals surface area contributed by atoms with Crippen LogP contribution in [0.1, 0.15) is 57.4 Å². The predicted octanol–water partition coefficient (Wildman–Crippen LogP) is 5.80. The first-order valence-corrected chi connectivity index (χ1v) is 10.7. The van der Waals surface area contributed by atoms with Crippen LogP contribution in [-0.2, 0) is 5.41 Å². The van der Waals surface area contributed by atoms with Crippen LogP contribution in [0, 0.1) is 0 Å². The number of nitrogens with zero attached hydrogens (tertiary/aromatic N) is 1. The van der Waals surface area contributed by atoms with Gasteiger partial charge in [0.2, 0.25) is 0 Å². The zero-order chi connectivity index (χ0) is 22.3. The maximum Gasteiger partial charge on any atom is 0.266 e. The Bertz CT molecular complexity index is 1180. The van der Waals surface area contributed by atoms with E-state index in [1.807, 2.05) is 18.2 Å². The number of nitrogens with one attached hydrogen (secondary N) is 1. The summed E-state index contributed by atoms with van der Waals surface area (Å²) in [7, 11) is 0. The van der Waals surface area contributed by atoms with Crippen LogP contribution in [0.3, 0.4) is 0 Å². The fourth-order valence-electron chi connectivity index (χ4n) is 3.46. The average molecular weight is 477 g/mol. The molecule has 1 heterocycles. The van der Waals surface area contributed by atoms with Gasteiger partial charge in [-0.15, -0.1) is 0 Å². The zero-order valence-corrected chi connectivity index (χ0v) is 19.0. The Morgan fingerprint density at radius 3 is 1.97 bits per heavy atom. The fourth-order valence-corrected chi connectivity index (χ4v) is 3.94. The van der Waals surface area contributed by atoms with Crippen LogP contribution in [0.2, 0.25) is 0 Å². The smallest absolute Gasteiger partial charge is 0.266 e. The monoisotopic (exact) mass is 476 g/mol. The van der Waals surface area contributed by atoms with Gasteiger partial charge in [0, 0.05) is 10.0 Å². The molecule has 4 rings (SSSR count). The Kier molecular flexibility index (Phi) is 5.27. The van der Waals surface area contributed by atoms with Gasteiger partial charge in [-0.05, 0) is 75.4 Å². The van der Waals surface area contributed by atoms with E-state index in [-0.39, 0.29) is 23.1 Å². The van der Waals surface area contributed by atoms with E-state index in [0.717, 1.165) is 14.9 Å². The van der Waals surface area contributed by atoms with Crippen molar-refractivity contribution in [3.05, 3.63) is 93.5 Å². The van der Waals surface area contributed by atoms with Crippen LogP contribution in [0.15, 0.2) is 71.2 Å². The number of hydrogen-bond donors (Lipinski definition) is 1. The Labute approximate surface area is 189 Å². The van der Waals surface area contributed by atoms with Gasteiger partial charge < -0.3 is 5.32 Å². The summed E-state index contributed by atoms with van der Waals surface area (Å²) in [6, 6.07) is 19.0. The van der Waals surface area contributed by atoms with Crippen LogP contribution in [0.25, 0.3) is 0 Å². The number of carbonyl (C=O) groups is 3. The summed E-state index contributed by atoms with van der Waals surface area (Å²) in [5.74, 6) is -1.00. The number of fused-ring (bicyclic) bond motifs is 1. The van der Waals surface area contributed by atoms with Crippen molar-refractivity contribution in [3.63, 3.8) is 0 Å². The van der Waals surface area contributed by atoms with Gasteiger partial charge in [0.25, 0.3) is 17.7 Å². The number of amides is 3. The third-order valence-corrected chi connectivity index (χ3v) is 5.92. The molecule has 3 aromatic carbocycles. The molecule has 3 aromatic rings. The van der Waals surface area contributed by atoms with Gasteiger partial charge in [0.15, 0.2) is 0 Å². The van der Waals surface area contributed by atoms with E-state index in [2.05, 4.69) is 42.0 Å². The molecule has 0 saturated carbocycles. The molecule has 0 aliphatic carbocycles. The van der Waals surface area contributed by atoms with Gasteiger partial charge in [-0.3, -0.25) is 14.4 Å². The molecule has 0 bridgehead atoms. The van der Waals surface area contributed by atoms with Crippen LogP contribution in [-0.4, -0.2) is 17.7 Å². The molecule has 0 spiro atoms. The summed E-state index contributed by atoms with van der Waals surface area (Å²) < 4.78 is 0.802. The largest absolute Gasteiger partial charge is 0.321 e. The number of anilines is 2. The van der Waals surface area contributed by atoms with Crippen molar-refractivity contribution in [1.29, 1.82) is 0 Å². The minimum Gasteiger partial charge on any atom is -0.321 e. The minimum atomic E-state index is -0.360. The molecule has 3 amide bonds. The second-order valence-corrected chi connectivity index (χ2v) is 9.29. The number of imide groups is 1. The molecule has 0 saturated heterocycles. The number of halogens is 1. The van der Waals surface area contributed by atoms with E-state index >= 15 is 0 Å². The summed E-state index contributed by atoms with van der Waals surface area (Å²) in [4.78, 5) is 39.1. The molecular formula is C25H21BrN2O3. The second kappa shape index (κ2) is 7.78. The van der Waals surface area contributed by atoms with Gasteiger partial charge in [-0.25, -0.2) is 4.90 Å². The molecule has 0 atom stereocenters. The topological polar surface area (TPSA) is 66.5 Å². The molecule has 31 heavy (non-hydrogen) atoms. The van der Waals surface area contributed by atoms with E-state index < -0.39 is 0 Å². The molecule has 0 radical (unpaired) electrons. The van der Waals surface area contributed by atoms with Crippen molar-refractivity contribution in [1.82, 2.24) is 0 Å². The highest BCUT2D eigenvalue weighted by Crippen LogP contribution is 2.31. The van der Waals surface area contributed by atoms with Crippen LogP contribution in [0.5, 0.6) is 0 Å². The normalized spacial score (nSPS) is 13.4. The highest BCUT2D eigenvalue weighted by atomic mass is 79.9. The fraction of sp³-hybridized carbons (Fsp3) is 0.160. The quantitative estimate of drug-likeness (QED) is 0.485. The highest BCUT2D eigenvalue weighted by molar-refractivity contribution is 9.10. The maximum absolute atomic E-state index is 12.7. The van der Waals surface area contributed by atoms with E-state index in [4.69, 9.17) is 0 Å². The van der Waals surface area contributed by atoms with Crippen molar-refractivity contribution < 1.29 is 14.4 Å². The van der Waals surface area contributed by atoms with Crippen molar-refractivity contribution in [2.24, 2.45) is 0 Å². The lowest BCUT2D eigenvalue weighted by atomic mass is 9.87. The number of carbonyl (C=O) groups excluding carboxylic acids is 3. The lowest BCUT2D eigenvalue weighted by molar-refractivity contribution is 0.0925. The molecule has 1 aliphatic rings. The molecule has 156 valence electrons. The van der Waals surface area contributed by atoms with Crippen molar-refractivity contribution >= 4 is 45.0 Å². The Hall–Kier alpha value is -3.25. The maximum atomic E-state index is 12.7. The van der Waals surface area contributed by atoms with Gasteiger partial charge in [0.05, 0.1) is 22.5 Å². The average Bonchev–Trinajstić information content (AvgIpc) is 2.99. The van der Waals surface area contributed by atoms with E-state index in [1.165, 1.54) is 0 Å². The summed E-state index contributed by atoms with van der Waals surface area (Å²) in [5, 5.41) is 2.89. The SMILES string of the molecule is CC(C)(C)c1ccc(NC(=O)c2ccc(N3C(=O)c4ccccc4C3=O)cc2)c(Br)c1. The van der Waals surface area contributed by atoms with E-state index in [1.54, 1.807) is 48.5 Å². The van der Waals surface area contributed by atoms with Gasteiger partial charge in [-0.1, -0.05) is 39.0 Å². The minimum absolute atomic E-state index is 0.00495. The number of rotatable bonds is 3. The Morgan fingerprint density at radius 1 is 0.871 bits per heavy atom. The van der Waals surface area contributed by atoms with E-state index in [0.29, 0.717) is 28.1 Å². The standard InChI is InChI=1S/C25H21BrN2O3/c1-25(2,3)16-10-13-21(20(26)14-16)27-22(29)15-8-11-17(12-9-15)28-23(30)18-6-4-5-7-19(18)24(28)31/h4-14H,1-3H3,(H,27,29). The lowest BCUT2D eigenvalue weighted by Gasteiger charge is -2.20. The predicted molar refractivity (Wildman–Crippen MR) is 125 cm³/mol. The lowest BCUT2D eigenvalue weighted by Crippen LogP contribution is -2.29. The Balaban J connectivity index is 1.52. The second-order valence-electron chi connectivity index (χ2n) is 8.44. The molecule has 1 N–H and O–H groups in total. The van der Waals surface area contributed by atoms with Crippen LogP contribution in [0.4, 0.5) is 11.4 Å². The third-order valence-electron chi connectivity index (χ3n) is 5.27. The molecule has 1 aliphatic heterocycles. The number of benzene rings is 3. The first kappa shape index (κ1) is 21.0. The molecule has 0 fully saturated rings. The molecular weight excluding hydrogens is 456 g/mol. The Morgan fingerprint density at radius 2 is 1.45 bits per heavy atom. The van der Waals surface area contributed by atoms with Gasteiger partial charge >= 0.3 is 0 Å². The van der Waals surface area contributed by atoms with Crippen LogP contribution < -0.4 is 10.2 Å². The third kappa shape index (κ3) is 3.91. The highest BCUT2D eigenvalue weighted by Gasteiger charge is 2.36. The molecule has 0 aromatic heterocycles. The zero-order valence-electron chi connectivity index (χ0n) is 17.4. The summed E-state index contributed by atoms with van der Waals surface area (Å²) in [6.45, 7) is 6.38. The molecule has 6 heteroatoms. The number of hydrogen-bond acceptors (Lipinski definition) is 3. The van der Waals surface area contributed by atoms with Crippen LogP contribution >= 0.6 is 15.9 Å². The van der Waals surface area contributed by atoms with Crippen molar-refractivity contribution in [2.45, 2.75) is 26.2 Å². The van der Waals surface area contributed by atoms with E-state index in [9.17, 15) is 14.4 Å². The van der Waals surface area contributed by atoms with Crippen molar-refractivity contribution in [3.8, 4) is 0 Å². The first-order valence-electron chi connectivity index (χ1n) is 9.86. The summed E-state index contributed by atoms with van der Waals surface area (Å²) >= 11 is 3.53. The molecule has 0 unspecified atom stereocenters. The summed E-state index contributed by atoms with van der Waals surface area (Å²) in [6.07, 6.45) is 0. The van der Waals surface area contributed by atoms with Crippen molar-refractivity contribution in [2.75, 3.05) is 10.2 Å². The van der Waals surface area contributed by atoms with Gasteiger partial charge in [-0.2, -0.15) is 0 Å². The van der Waals surface area contributed by atoms with Gasteiger partial charge in [0.1, 0.15) is 0 Å². The summed E-state index contributed by atoms with van der Waals surface area (Å²) in [5.41, 5.74) is 3.46. The molecule has 5 nitrogen and oxygen atoms in total. The first-order chi connectivity index (χ1) is 14.7.